The second-order valence-corrected chi connectivity index (χ2v) is 10.9. The molecule has 1 heterocycles. The lowest BCUT2D eigenvalue weighted by Crippen LogP contribution is -2.31. The van der Waals surface area contributed by atoms with E-state index in [0.29, 0.717) is 11.4 Å². The molecular weight excluding hydrogens is 502 g/mol. The number of imide groups is 1. The minimum Gasteiger partial charge on any atom is -0.453 e. The topological polar surface area (TPSA) is 131 Å². The van der Waals surface area contributed by atoms with Gasteiger partial charge >= 0.3 is 6.09 Å². The summed E-state index contributed by atoms with van der Waals surface area (Å²) in [6, 6.07) is 14.0. The van der Waals surface area contributed by atoms with E-state index in [9.17, 15) is 22.8 Å². The van der Waals surface area contributed by atoms with Gasteiger partial charge in [-0.15, -0.1) is 11.3 Å². The average Bonchev–Trinajstić information content (AvgIpc) is 3.04. The highest BCUT2D eigenvalue weighted by molar-refractivity contribution is 7.92. The number of rotatable bonds is 6. The number of thiophene rings is 1. The predicted molar refractivity (Wildman–Crippen MR) is 137 cm³/mol. The van der Waals surface area contributed by atoms with Crippen LogP contribution in [0.3, 0.4) is 0 Å². The van der Waals surface area contributed by atoms with Crippen molar-refractivity contribution in [3.05, 3.63) is 76.2 Å². The summed E-state index contributed by atoms with van der Waals surface area (Å²) >= 11 is 1.29. The molecule has 0 fully saturated rings. The van der Waals surface area contributed by atoms with Gasteiger partial charge in [-0.3, -0.25) is 19.6 Å². The number of carbonyl (C=O) groups excluding carboxylic acids is 3. The zero-order chi connectivity index (χ0) is 25.7. The third-order valence-corrected chi connectivity index (χ3v) is 8.33. The molecule has 3 amide bonds. The predicted octanol–water partition coefficient (Wildman–Crippen LogP) is 4.57. The van der Waals surface area contributed by atoms with Gasteiger partial charge in [-0.05, 0) is 55.5 Å². The number of nitrogens with one attached hydrogen (secondary N) is 3. The molecule has 0 radical (unpaired) electrons. The van der Waals surface area contributed by atoms with E-state index in [0.717, 1.165) is 43.2 Å². The largest absolute Gasteiger partial charge is 0.453 e. The first-order chi connectivity index (χ1) is 17.3. The van der Waals surface area contributed by atoms with Crippen molar-refractivity contribution in [2.24, 2.45) is 0 Å². The van der Waals surface area contributed by atoms with Crippen LogP contribution in [0.4, 0.5) is 15.5 Å². The number of hydrogen-bond acceptors (Lipinski definition) is 7. The van der Waals surface area contributed by atoms with E-state index in [-0.39, 0.29) is 21.7 Å². The summed E-state index contributed by atoms with van der Waals surface area (Å²) in [5.74, 6) is -1.25. The van der Waals surface area contributed by atoms with Crippen LogP contribution in [0.15, 0.2) is 59.5 Å². The van der Waals surface area contributed by atoms with Crippen LogP contribution in [-0.2, 0) is 27.6 Å². The lowest BCUT2D eigenvalue weighted by Gasteiger charge is -2.13. The fraction of sp³-hybridized carbons (Fsp3) is 0.240. The molecule has 0 spiro atoms. The van der Waals surface area contributed by atoms with Gasteiger partial charge in [0.15, 0.2) is 0 Å². The number of benzene rings is 2. The standard InChI is InChI=1S/C25H25N3O6S2/c1-34-25(31)27-23(30)21-18-13-6-3-7-15-20(18)35-24(21)26-22(29)17-12-8-9-14-19(17)28-36(32,33)16-10-4-2-5-11-16/h2,4-5,8-12,14,28H,3,6-7,13,15H2,1H3,(H,26,29)(H,27,30,31). The third-order valence-electron chi connectivity index (χ3n) is 5.75. The van der Waals surface area contributed by atoms with E-state index < -0.39 is 27.9 Å². The Kier molecular flexibility index (Phi) is 7.70. The maximum absolute atomic E-state index is 13.3. The van der Waals surface area contributed by atoms with Crippen molar-refractivity contribution in [1.82, 2.24) is 5.32 Å². The SMILES string of the molecule is COC(=O)NC(=O)c1c(NC(=O)c2ccccc2NS(=O)(=O)c2ccccc2)sc2c1CCCCC2. The monoisotopic (exact) mass is 527 g/mol. The van der Waals surface area contributed by atoms with Gasteiger partial charge in [-0.25, -0.2) is 13.2 Å². The second-order valence-electron chi connectivity index (χ2n) is 8.13. The molecule has 1 aliphatic carbocycles. The number of ether oxygens (including phenoxy) is 1. The fourth-order valence-corrected chi connectivity index (χ4v) is 6.40. The molecule has 188 valence electrons. The van der Waals surface area contributed by atoms with Crippen molar-refractivity contribution < 1.29 is 27.5 Å². The maximum atomic E-state index is 13.3. The number of sulfonamides is 1. The Morgan fingerprint density at radius 3 is 2.33 bits per heavy atom. The molecule has 1 aromatic heterocycles. The maximum Gasteiger partial charge on any atom is 0.413 e. The van der Waals surface area contributed by atoms with Crippen LogP contribution in [0.5, 0.6) is 0 Å². The summed E-state index contributed by atoms with van der Waals surface area (Å²) in [4.78, 5) is 39.0. The van der Waals surface area contributed by atoms with Crippen LogP contribution in [0.2, 0.25) is 0 Å². The highest BCUT2D eigenvalue weighted by atomic mass is 32.2. The highest BCUT2D eigenvalue weighted by Crippen LogP contribution is 2.38. The second kappa shape index (κ2) is 10.9. The third kappa shape index (κ3) is 5.58. The number of aryl methyl sites for hydroxylation is 1. The molecule has 4 rings (SSSR count). The molecule has 9 nitrogen and oxygen atoms in total. The zero-order valence-electron chi connectivity index (χ0n) is 19.5. The van der Waals surface area contributed by atoms with Crippen LogP contribution < -0.4 is 15.4 Å². The molecule has 3 N–H and O–H groups in total. The lowest BCUT2D eigenvalue weighted by atomic mass is 10.0. The van der Waals surface area contributed by atoms with Gasteiger partial charge in [-0.2, -0.15) is 0 Å². The molecule has 3 aromatic rings. The molecule has 36 heavy (non-hydrogen) atoms. The van der Waals surface area contributed by atoms with Gasteiger partial charge in [0.25, 0.3) is 21.8 Å². The van der Waals surface area contributed by atoms with E-state index in [1.54, 1.807) is 30.3 Å². The molecule has 0 aliphatic heterocycles. The summed E-state index contributed by atoms with van der Waals surface area (Å²) < 4.78 is 32.7. The number of alkyl carbamates (subject to hydrolysis) is 1. The number of fused-ring (bicyclic) bond motifs is 1. The number of hydrogen-bond donors (Lipinski definition) is 3. The van der Waals surface area contributed by atoms with Gasteiger partial charge in [0, 0.05) is 4.88 Å². The minimum absolute atomic E-state index is 0.0592. The molecule has 2 aromatic carbocycles. The molecule has 0 unspecified atom stereocenters. The van der Waals surface area contributed by atoms with Crippen molar-refractivity contribution in [1.29, 1.82) is 0 Å². The molecular formula is C25H25N3O6S2. The van der Waals surface area contributed by atoms with Crippen molar-refractivity contribution in [2.45, 2.75) is 37.0 Å². The molecule has 1 aliphatic rings. The summed E-state index contributed by atoms with van der Waals surface area (Å²) in [6.45, 7) is 0. The van der Waals surface area contributed by atoms with Crippen molar-refractivity contribution in [3.8, 4) is 0 Å². The number of anilines is 2. The van der Waals surface area contributed by atoms with E-state index in [4.69, 9.17) is 0 Å². The summed E-state index contributed by atoms with van der Waals surface area (Å²) in [5.41, 5.74) is 1.22. The van der Waals surface area contributed by atoms with Crippen molar-refractivity contribution >= 4 is 50.0 Å². The van der Waals surface area contributed by atoms with E-state index in [2.05, 4.69) is 20.1 Å². The highest BCUT2D eigenvalue weighted by Gasteiger charge is 2.28. The van der Waals surface area contributed by atoms with Crippen LogP contribution in [-0.4, -0.2) is 33.4 Å². The Balaban J connectivity index is 1.66. The first-order valence-corrected chi connectivity index (χ1v) is 13.6. The lowest BCUT2D eigenvalue weighted by molar-refractivity contribution is 0.0937. The number of methoxy groups -OCH3 is 1. The molecule has 0 saturated heterocycles. The van der Waals surface area contributed by atoms with Gasteiger partial charge in [-0.1, -0.05) is 36.8 Å². The summed E-state index contributed by atoms with van der Waals surface area (Å²) in [5, 5.41) is 5.25. The molecule has 0 atom stereocenters. The first-order valence-electron chi connectivity index (χ1n) is 11.3. The zero-order valence-corrected chi connectivity index (χ0v) is 21.1. The van der Waals surface area contributed by atoms with Gasteiger partial charge in [0.1, 0.15) is 5.00 Å². The number of para-hydroxylation sites is 1. The van der Waals surface area contributed by atoms with E-state index >= 15 is 0 Å². The molecule has 0 bridgehead atoms. The van der Waals surface area contributed by atoms with Crippen LogP contribution >= 0.6 is 11.3 Å². The Labute approximate surface area is 212 Å². The van der Waals surface area contributed by atoms with Crippen LogP contribution in [0.25, 0.3) is 0 Å². The fourth-order valence-electron chi connectivity index (χ4n) is 4.02. The summed E-state index contributed by atoms with van der Waals surface area (Å²) in [6.07, 6.45) is 3.39. The first kappa shape index (κ1) is 25.4. The minimum atomic E-state index is -3.93. The van der Waals surface area contributed by atoms with Gasteiger partial charge in [0.05, 0.1) is 28.8 Å². The van der Waals surface area contributed by atoms with Gasteiger partial charge < -0.3 is 10.1 Å². The van der Waals surface area contributed by atoms with E-state index in [1.807, 2.05) is 0 Å². The van der Waals surface area contributed by atoms with Crippen molar-refractivity contribution in [3.63, 3.8) is 0 Å². The Morgan fingerprint density at radius 1 is 0.889 bits per heavy atom. The van der Waals surface area contributed by atoms with Crippen LogP contribution in [0, 0.1) is 0 Å². The average molecular weight is 528 g/mol. The Morgan fingerprint density at radius 2 is 1.58 bits per heavy atom. The Bertz CT molecular complexity index is 1400. The molecule has 11 heteroatoms. The quantitative estimate of drug-likeness (QED) is 0.403. The van der Waals surface area contributed by atoms with Crippen molar-refractivity contribution in [2.75, 3.05) is 17.1 Å². The normalized spacial score (nSPS) is 13.1. The number of amides is 3. The van der Waals surface area contributed by atoms with Crippen LogP contribution in [0.1, 0.15) is 50.4 Å². The number of carbonyl (C=O) groups is 3. The van der Waals surface area contributed by atoms with Gasteiger partial charge in [0.2, 0.25) is 0 Å². The molecule has 0 saturated carbocycles. The summed E-state index contributed by atoms with van der Waals surface area (Å²) in [7, 11) is -2.77. The smallest absolute Gasteiger partial charge is 0.413 e. The van der Waals surface area contributed by atoms with E-state index in [1.165, 1.54) is 35.6 Å². The Hall–Kier alpha value is -3.70.